The van der Waals surface area contributed by atoms with Crippen molar-refractivity contribution in [1.82, 2.24) is 24.9 Å². The summed E-state index contributed by atoms with van der Waals surface area (Å²) in [6.45, 7) is 10.4. The lowest BCUT2D eigenvalue weighted by Gasteiger charge is -2.25. The first-order valence-corrected chi connectivity index (χ1v) is 11.6. The number of hydrogen-bond donors (Lipinski definition) is 1. The summed E-state index contributed by atoms with van der Waals surface area (Å²) < 4.78 is 18.6. The Balaban J connectivity index is 1.78. The molecule has 0 radical (unpaired) electrons. The van der Waals surface area contributed by atoms with E-state index >= 15 is 0 Å². The van der Waals surface area contributed by atoms with E-state index in [-0.39, 0.29) is 17.3 Å². The summed E-state index contributed by atoms with van der Waals surface area (Å²) in [5.74, 6) is -1.56. The zero-order valence-electron chi connectivity index (χ0n) is 21.8. The molecular formula is C25H30N6O6. The Labute approximate surface area is 214 Å². The number of esters is 2. The van der Waals surface area contributed by atoms with Crippen molar-refractivity contribution in [2.75, 3.05) is 7.11 Å². The van der Waals surface area contributed by atoms with Gasteiger partial charge in [0.1, 0.15) is 17.8 Å². The molecule has 0 aliphatic heterocycles. The Bertz CT molecular complexity index is 1360. The van der Waals surface area contributed by atoms with Crippen molar-refractivity contribution in [3.05, 3.63) is 41.9 Å². The highest BCUT2D eigenvalue weighted by atomic mass is 16.6. The molecule has 196 valence electrons. The first-order chi connectivity index (χ1) is 17.3. The highest BCUT2D eigenvalue weighted by Crippen LogP contribution is 2.24. The maximum absolute atomic E-state index is 12.8. The fourth-order valence-electron chi connectivity index (χ4n) is 3.55. The predicted molar refractivity (Wildman–Crippen MR) is 132 cm³/mol. The smallest absolute Gasteiger partial charge is 0.408 e. The Morgan fingerprint density at radius 3 is 2.46 bits per heavy atom. The number of benzene rings is 1. The summed E-state index contributed by atoms with van der Waals surface area (Å²) in [4.78, 5) is 37.2. The predicted octanol–water partition coefficient (Wildman–Crippen LogP) is 3.29. The zero-order valence-corrected chi connectivity index (χ0v) is 21.8. The zero-order chi connectivity index (χ0) is 27.5. The number of aromatic nitrogens is 4. The number of alkyl carbamates (subject to hydrolysis) is 1. The number of hydrogen-bond acceptors (Lipinski definition) is 9. The average molecular weight is 511 g/mol. The van der Waals surface area contributed by atoms with Crippen LogP contribution in [0.3, 0.4) is 0 Å². The van der Waals surface area contributed by atoms with Gasteiger partial charge in [0.2, 0.25) is 0 Å². The van der Waals surface area contributed by atoms with Gasteiger partial charge in [-0.15, -0.1) is 0 Å². The van der Waals surface area contributed by atoms with Gasteiger partial charge in [0.05, 0.1) is 30.1 Å². The molecular weight excluding hydrogens is 480 g/mol. The standard InChI is InChI=1S/C25H30N6O6/c1-14(2)31-20-9-8-17(10-18(20)19(11-26)29-31)30-13-16(12-27-30)22(32)36-15(3)21(23(33)35-7)28-24(34)37-25(4,5)6/h8-10,12-15,21H,1-7H3,(H,28,34)/t15-,21+/m1/s1. The van der Waals surface area contributed by atoms with Gasteiger partial charge in [0.15, 0.2) is 11.7 Å². The lowest BCUT2D eigenvalue weighted by atomic mass is 10.2. The third-order valence-electron chi connectivity index (χ3n) is 5.26. The molecule has 12 heteroatoms. The maximum atomic E-state index is 12.8. The van der Waals surface area contributed by atoms with Gasteiger partial charge < -0.3 is 19.5 Å². The monoisotopic (exact) mass is 510 g/mol. The van der Waals surface area contributed by atoms with Gasteiger partial charge in [-0.1, -0.05) is 0 Å². The summed E-state index contributed by atoms with van der Waals surface area (Å²) in [6, 6.07) is 6.29. The van der Waals surface area contributed by atoms with Gasteiger partial charge in [0.25, 0.3) is 0 Å². The van der Waals surface area contributed by atoms with Crippen LogP contribution in [-0.4, -0.2) is 62.4 Å². The van der Waals surface area contributed by atoms with Crippen LogP contribution in [-0.2, 0) is 19.0 Å². The van der Waals surface area contributed by atoms with Crippen LogP contribution in [0.1, 0.15) is 63.6 Å². The van der Waals surface area contributed by atoms with Crippen LogP contribution in [0.15, 0.2) is 30.6 Å². The molecule has 1 amide bonds. The number of nitrogens with zero attached hydrogens (tertiary/aromatic N) is 5. The molecule has 2 atom stereocenters. The third-order valence-corrected chi connectivity index (χ3v) is 5.26. The van der Waals surface area contributed by atoms with Crippen LogP contribution in [0, 0.1) is 11.3 Å². The molecule has 2 heterocycles. The Morgan fingerprint density at radius 1 is 1.16 bits per heavy atom. The van der Waals surface area contributed by atoms with Crippen LogP contribution in [0.25, 0.3) is 16.6 Å². The molecule has 1 aromatic carbocycles. The van der Waals surface area contributed by atoms with E-state index in [9.17, 15) is 19.6 Å². The molecule has 0 saturated heterocycles. The van der Waals surface area contributed by atoms with Gasteiger partial charge in [0, 0.05) is 17.6 Å². The highest BCUT2D eigenvalue weighted by Gasteiger charge is 2.33. The minimum Gasteiger partial charge on any atom is -0.467 e. The van der Waals surface area contributed by atoms with E-state index in [1.807, 2.05) is 19.9 Å². The molecule has 0 unspecified atom stereocenters. The Kier molecular flexibility index (Phi) is 7.86. The Hall–Kier alpha value is -4.40. The van der Waals surface area contributed by atoms with Crippen LogP contribution >= 0.6 is 0 Å². The number of methoxy groups -OCH3 is 1. The highest BCUT2D eigenvalue weighted by molar-refractivity contribution is 5.90. The second kappa shape index (κ2) is 10.7. The largest absolute Gasteiger partial charge is 0.467 e. The minimum atomic E-state index is -1.29. The van der Waals surface area contributed by atoms with Crippen molar-refractivity contribution in [3.8, 4) is 11.8 Å². The van der Waals surface area contributed by atoms with Crippen molar-refractivity contribution in [3.63, 3.8) is 0 Å². The summed E-state index contributed by atoms with van der Waals surface area (Å²) >= 11 is 0. The minimum absolute atomic E-state index is 0.0714. The number of rotatable bonds is 7. The lowest BCUT2D eigenvalue weighted by Crippen LogP contribution is -2.51. The van der Waals surface area contributed by atoms with Crippen LogP contribution < -0.4 is 5.32 Å². The first kappa shape index (κ1) is 27.2. The molecule has 3 rings (SSSR count). The van der Waals surface area contributed by atoms with Crippen molar-refractivity contribution in [1.29, 1.82) is 5.26 Å². The summed E-state index contributed by atoms with van der Waals surface area (Å²) in [5, 5.41) is 21.1. The fourth-order valence-corrected chi connectivity index (χ4v) is 3.55. The SMILES string of the molecule is COC(=O)[C@@H](NC(=O)OC(C)(C)C)[C@@H](C)OC(=O)c1cnn(-c2ccc3c(c2)c(C#N)nn3C(C)C)c1. The number of carbonyl (C=O) groups is 3. The summed E-state index contributed by atoms with van der Waals surface area (Å²) in [6.07, 6.45) is 0.846. The first-order valence-electron chi connectivity index (χ1n) is 11.6. The maximum Gasteiger partial charge on any atom is 0.408 e. The van der Waals surface area contributed by atoms with Gasteiger partial charge in [-0.3, -0.25) is 4.68 Å². The molecule has 2 aromatic heterocycles. The summed E-state index contributed by atoms with van der Waals surface area (Å²) in [5.41, 5.74) is 1.04. The van der Waals surface area contributed by atoms with Gasteiger partial charge in [-0.25, -0.2) is 19.1 Å². The molecule has 37 heavy (non-hydrogen) atoms. The normalized spacial score (nSPS) is 13.1. The van der Waals surface area contributed by atoms with E-state index in [1.165, 1.54) is 24.0 Å². The van der Waals surface area contributed by atoms with E-state index in [4.69, 9.17) is 14.2 Å². The van der Waals surface area contributed by atoms with E-state index < -0.39 is 35.8 Å². The van der Waals surface area contributed by atoms with E-state index in [0.29, 0.717) is 11.1 Å². The fraction of sp³-hybridized carbons (Fsp3) is 0.440. The van der Waals surface area contributed by atoms with E-state index in [0.717, 1.165) is 12.6 Å². The van der Waals surface area contributed by atoms with Crippen molar-refractivity contribution in [2.24, 2.45) is 0 Å². The van der Waals surface area contributed by atoms with E-state index in [2.05, 4.69) is 21.6 Å². The van der Waals surface area contributed by atoms with E-state index in [1.54, 1.807) is 37.6 Å². The molecule has 0 aliphatic carbocycles. The molecule has 0 spiro atoms. The van der Waals surface area contributed by atoms with Crippen LogP contribution in [0.4, 0.5) is 4.79 Å². The molecule has 12 nitrogen and oxygen atoms in total. The average Bonchev–Trinajstić information content (AvgIpc) is 3.45. The molecule has 0 aliphatic rings. The quantitative estimate of drug-likeness (QED) is 0.373. The second-order valence-electron chi connectivity index (χ2n) is 9.63. The summed E-state index contributed by atoms with van der Waals surface area (Å²) in [7, 11) is 1.16. The number of nitriles is 1. The van der Waals surface area contributed by atoms with Crippen molar-refractivity contribution >= 4 is 28.9 Å². The number of fused-ring (bicyclic) bond motifs is 1. The van der Waals surface area contributed by atoms with Gasteiger partial charge >= 0.3 is 18.0 Å². The van der Waals surface area contributed by atoms with Crippen molar-refractivity contribution < 1.29 is 28.6 Å². The van der Waals surface area contributed by atoms with Gasteiger partial charge in [-0.2, -0.15) is 15.5 Å². The van der Waals surface area contributed by atoms with Crippen LogP contribution in [0.2, 0.25) is 0 Å². The molecule has 3 aromatic rings. The second-order valence-corrected chi connectivity index (χ2v) is 9.63. The van der Waals surface area contributed by atoms with Gasteiger partial charge in [-0.05, 0) is 59.7 Å². The number of ether oxygens (including phenoxy) is 3. The molecule has 0 bridgehead atoms. The van der Waals surface area contributed by atoms with Crippen LogP contribution in [0.5, 0.6) is 0 Å². The number of carbonyl (C=O) groups excluding carboxylic acids is 3. The molecule has 0 saturated carbocycles. The number of amides is 1. The third kappa shape index (κ3) is 6.24. The number of nitrogens with one attached hydrogen (secondary N) is 1. The van der Waals surface area contributed by atoms with Crippen molar-refractivity contribution in [2.45, 2.75) is 65.3 Å². The molecule has 0 fully saturated rings. The lowest BCUT2D eigenvalue weighted by molar-refractivity contribution is -0.145. The Morgan fingerprint density at radius 2 is 1.86 bits per heavy atom. The topological polar surface area (TPSA) is 150 Å². The molecule has 1 N–H and O–H groups in total.